The number of allylic oxidation sites excluding steroid dienone is 6. The third kappa shape index (κ3) is 3.87. The normalized spacial score (nSPS) is 13.5. The molecule has 1 aliphatic rings. The number of aromatic nitrogens is 4. The zero-order valence-corrected chi connectivity index (χ0v) is 17.2. The molecule has 0 bridgehead atoms. The molecular formula is C25H24N4O. The molecule has 2 aromatic heterocycles. The Kier molecular flexibility index (Phi) is 5.44. The Labute approximate surface area is 175 Å². The van der Waals surface area contributed by atoms with Crippen molar-refractivity contribution in [2.75, 3.05) is 0 Å². The lowest BCUT2D eigenvalue weighted by molar-refractivity contribution is 0.797. The second-order valence-corrected chi connectivity index (χ2v) is 7.28. The lowest BCUT2D eigenvalue weighted by atomic mass is 10.0. The van der Waals surface area contributed by atoms with Crippen molar-refractivity contribution >= 4 is 6.08 Å². The summed E-state index contributed by atoms with van der Waals surface area (Å²) in [5.41, 5.74) is 6.64. The summed E-state index contributed by atoms with van der Waals surface area (Å²) in [5, 5.41) is 4.61. The first kappa shape index (κ1) is 19.6. The van der Waals surface area contributed by atoms with Crippen molar-refractivity contribution in [3.05, 3.63) is 106 Å². The van der Waals surface area contributed by atoms with Crippen LogP contribution < -0.4 is 5.56 Å². The molecule has 0 aliphatic heterocycles. The molecule has 0 radical (unpaired) electrons. The summed E-state index contributed by atoms with van der Waals surface area (Å²) >= 11 is 0. The average Bonchev–Trinajstić information content (AvgIpc) is 3.39. The summed E-state index contributed by atoms with van der Waals surface area (Å²) in [6.45, 7) is 7.85. The summed E-state index contributed by atoms with van der Waals surface area (Å²) in [4.78, 5) is 20.3. The summed E-state index contributed by atoms with van der Waals surface area (Å²) < 4.78 is 1.62. The van der Waals surface area contributed by atoms with Crippen molar-refractivity contribution in [3.8, 4) is 17.2 Å². The number of H-pyrrole nitrogens is 1. The number of benzene rings is 1. The Morgan fingerprint density at radius 2 is 2.17 bits per heavy atom. The number of aryl methyl sites for hydroxylation is 1. The number of hydrogen-bond donors (Lipinski definition) is 1. The van der Waals surface area contributed by atoms with E-state index in [0.29, 0.717) is 23.6 Å². The minimum Gasteiger partial charge on any atom is -0.291 e. The summed E-state index contributed by atoms with van der Waals surface area (Å²) in [6, 6.07) is 10.1. The maximum Gasteiger partial charge on any atom is 0.256 e. The highest BCUT2D eigenvalue weighted by atomic mass is 16.1. The number of hydrogen-bond acceptors (Lipinski definition) is 3. The molecule has 5 heteroatoms. The number of fused-ring (bicyclic) bond motifs is 1. The third-order valence-electron chi connectivity index (χ3n) is 5.17. The molecule has 2 heterocycles. The Morgan fingerprint density at radius 1 is 1.30 bits per heavy atom. The van der Waals surface area contributed by atoms with E-state index in [2.05, 4.69) is 53.7 Å². The lowest BCUT2D eigenvalue weighted by Crippen LogP contribution is -2.18. The van der Waals surface area contributed by atoms with Crippen molar-refractivity contribution in [1.82, 2.24) is 19.7 Å². The van der Waals surface area contributed by atoms with E-state index in [0.717, 1.165) is 23.3 Å². The largest absolute Gasteiger partial charge is 0.291 e. The predicted molar refractivity (Wildman–Crippen MR) is 122 cm³/mol. The summed E-state index contributed by atoms with van der Waals surface area (Å²) in [6.07, 6.45) is 13.0. The predicted octanol–water partition coefficient (Wildman–Crippen LogP) is 4.95. The van der Waals surface area contributed by atoms with E-state index in [-0.39, 0.29) is 5.56 Å². The molecule has 0 spiro atoms. The minimum absolute atomic E-state index is 0.119. The van der Waals surface area contributed by atoms with Gasteiger partial charge in [-0.2, -0.15) is 5.10 Å². The van der Waals surface area contributed by atoms with Gasteiger partial charge in [0.05, 0.1) is 11.4 Å². The zero-order chi connectivity index (χ0) is 21.1. The van der Waals surface area contributed by atoms with Crippen LogP contribution in [0.5, 0.6) is 0 Å². The maximum absolute atomic E-state index is 12.7. The molecule has 1 aliphatic carbocycles. The molecule has 1 aromatic carbocycles. The van der Waals surface area contributed by atoms with Crippen molar-refractivity contribution in [2.45, 2.75) is 26.7 Å². The molecule has 5 nitrogen and oxygen atoms in total. The molecule has 0 unspecified atom stereocenters. The highest BCUT2D eigenvalue weighted by Gasteiger charge is 2.21. The van der Waals surface area contributed by atoms with E-state index in [1.807, 2.05) is 42.6 Å². The van der Waals surface area contributed by atoms with Crippen molar-refractivity contribution < 1.29 is 0 Å². The first-order valence-corrected chi connectivity index (χ1v) is 10.0. The topological polar surface area (TPSA) is 63.6 Å². The van der Waals surface area contributed by atoms with Gasteiger partial charge in [0.1, 0.15) is 0 Å². The monoisotopic (exact) mass is 396 g/mol. The van der Waals surface area contributed by atoms with Crippen molar-refractivity contribution in [2.24, 2.45) is 0 Å². The van der Waals surface area contributed by atoms with Crippen LogP contribution in [-0.4, -0.2) is 19.7 Å². The standard InChI is InChI=1S/C25H24N4O/c1-4-6-7-10-18(5-2)20-15-21-23(16-20)26-25(27-24(21)30)29-13-12-22(28-29)19-11-8-9-17(3)14-19/h4,6-14,16H,1,5,15H2,2-3H3,(H,26,27,30)/b7-6-,18-10+. The van der Waals surface area contributed by atoms with E-state index >= 15 is 0 Å². The summed E-state index contributed by atoms with van der Waals surface area (Å²) in [5.74, 6) is 0.420. The van der Waals surface area contributed by atoms with Gasteiger partial charge in [0.2, 0.25) is 5.95 Å². The second-order valence-electron chi connectivity index (χ2n) is 7.28. The SMILES string of the molecule is C=C/C=C\C=C(/CC)C1=Cc2nc(-n3ccc(-c4cccc(C)c4)n3)[nH]c(=O)c2C1. The molecule has 0 saturated carbocycles. The fraction of sp³-hybridized carbons (Fsp3) is 0.160. The van der Waals surface area contributed by atoms with Gasteiger partial charge in [-0.15, -0.1) is 0 Å². The highest BCUT2D eigenvalue weighted by molar-refractivity contribution is 5.66. The number of aromatic amines is 1. The molecule has 30 heavy (non-hydrogen) atoms. The second kappa shape index (κ2) is 8.33. The van der Waals surface area contributed by atoms with Gasteiger partial charge in [0.15, 0.2) is 0 Å². The first-order valence-electron chi connectivity index (χ1n) is 10.0. The van der Waals surface area contributed by atoms with Crippen LogP contribution in [0.15, 0.2) is 83.4 Å². The van der Waals surface area contributed by atoms with Crippen molar-refractivity contribution in [1.29, 1.82) is 0 Å². The van der Waals surface area contributed by atoms with Crippen LogP contribution in [-0.2, 0) is 6.42 Å². The Balaban J connectivity index is 1.68. The van der Waals surface area contributed by atoms with Crippen molar-refractivity contribution in [3.63, 3.8) is 0 Å². The van der Waals surface area contributed by atoms with Gasteiger partial charge in [-0.25, -0.2) is 9.67 Å². The maximum atomic E-state index is 12.7. The third-order valence-corrected chi connectivity index (χ3v) is 5.17. The number of nitrogens with zero attached hydrogens (tertiary/aromatic N) is 3. The van der Waals surface area contributed by atoms with E-state index in [4.69, 9.17) is 0 Å². The Hall–Kier alpha value is -3.73. The fourth-order valence-electron chi connectivity index (χ4n) is 3.62. The molecule has 0 fully saturated rings. The Morgan fingerprint density at radius 3 is 2.93 bits per heavy atom. The molecule has 0 amide bonds. The van der Waals surface area contributed by atoms with Gasteiger partial charge in [-0.1, -0.05) is 61.6 Å². The fourth-order valence-corrected chi connectivity index (χ4v) is 3.62. The van der Waals surface area contributed by atoms with Crippen LogP contribution in [0, 0.1) is 6.92 Å². The van der Waals surface area contributed by atoms with Gasteiger partial charge in [0.25, 0.3) is 5.56 Å². The smallest absolute Gasteiger partial charge is 0.256 e. The van der Waals surface area contributed by atoms with Gasteiger partial charge < -0.3 is 0 Å². The molecule has 1 N–H and O–H groups in total. The molecular weight excluding hydrogens is 372 g/mol. The number of nitrogens with one attached hydrogen (secondary N) is 1. The summed E-state index contributed by atoms with van der Waals surface area (Å²) in [7, 11) is 0. The minimum atomic E-state index is -0.119. The molecule has 4 rings (SSSR count). The van der Waals surface area contributed by atoms with Crippen LogP contribution in [0.3, 0.4) is 0 Å². The van der Waals surface area contributed by atoms with Gasteiger partial charge in [-0.05, 0) is 42.7 Å². The van der Waals surface area contributed by atoms with E-state index < -0.39 is 0 Å². The average molecular weight is 396 g/mol. The molecule has 3 aromatic rings. The van der Waals surface area contributed by atoms with Crippen LogP contribution in [0.25, 0.3) is 23.3 Å². The van der Waals surface area contributed by atoms with Crippen LogP contribution >= 0.6 is 0 Å². The van der Waals surface area contributed by atoms with Crippen LogP contribution in [0.1, 0.15) is 30.2 Å². The quantitative estimate of drug-likeness (QED) is 0.600. The van der Waals surface area contributed by atoms with Gasteiger partial charge in [0, 0.05) is 23.7 Å². The Bertz CT molecular complexity index is 1250. The molecule has 0 saturated heterocycles. The highest BCUT2D eigenvalue weighted by Crippen LogP contribution is 2.28. The molecule has 0 atom stereocenters. The van der Waals surface area contributed by atoms with E-state index in [1.165, 1.54) is 11.1 Å². The van der Waals surface area contributed by atoms with Crippen LogP contribution in [0.2, 0.25) is 0 Å². The van der Waals surface area contributed by atoms with Gasteiger partial charge >= 0.3 is 0 Å². The zero-order valence-electron chi connectivity index (χ0n) is 17.2. The van der Waals surface area contributed by atoms with Gasteiger partial charge in [-0.3, -0.25) is 9.78 Å². The lowest BCUT2D eigenvalue weighted by Gasteiger charge is -2.04. The van der Waals surface area contributed by atoms with E-state index in [1.54, 1.807) is 10.8 Å². The van der Waals surface area contributed by atoms with Crippen LogP contribution in [0.4, 0.5) is 0 Å². The molecule has 150 valence electrons. The van der Waals surface area contributed by atoms with E-state index in [9.17, 15) is 4.79 Å². The number of rotatable bonds is 6. The first-order chi connectivity index (χ1) is 14.6.